The van der Waals surface area contributed by atoms with Crippen LogP contribution in [0.4, 0.5) is 5.69 Å². The van der Waals surface area contributed by atoms with Crippen LogP contribution in [-0.4, -0.2) is 49.1 Å². The average Bonchev–Trinajstić information content (AvgIpc) is 3.04. The summed E-state index contributed by atoms with van der Waals surface area (Å²) in [7, 11) is 0. The standard InChI is InChI=1S/C18H23ClN4O/c19-15-4-3-5-16(12-15)23-10-8-22(9-11-23)13-17(24)21-18(14-20)6-1-2-7-18/h3-5,12H,1-2,6-11,13H2,(H,21,24). The van der Waals surface area contributed by atoms with Crippen LogP contribution >= 0.6 is 11.6 Å². The third-order valence-corrected chi connectivity index (χ3v) is 5.20. The first-order chi connectivity index (χ1) is 11.6. The minimum Gasteiger partial charge on any atom is -0.369 e. The third kappa shape index (κ3) is 4.00. The summed E-state index contributed by atoms with van der Waals surface area (Å²) < 4.78 is 0. The van der Waals surface area contributed by atoms with Gasteiger partial charge in [-0.3, -0.25) is 9.69 Å². The topological polar surface area (TPSA) is 59.4 Å². The van der Waals surface area contributed by atoms with Crippen LogP contribution in [0.25, 0.3) is 0 Å². The molecule has 1 aromatic rings. The fourth-order valence-corrected chi connectivity index (χ4v) is 3.77. The molecule has 1 aromatic carbocycles. The zero-order valence-electron chi connectivity index (χ0n) is 13.8. The molecule has 5 nitrogen and oxygen atoms in total. The van der Waals surface area contributed by atoms with Gasteiger partial charge in [-0.2, -0.15) is 5.26 Å². The van der Waals surface area contributed by atoms with Crippen LogP contribution in [0, 0.1) is 11.3 Å². The van der Waals surface area contributed by atoms with E-state index >= 15 is 0 Å². The monoisotopic (exact) mass is 346 g/mol. The number of nitriles is 1. The summed E-state index contributed by atoms with van der Waals surface area (Å²) in [5.41, 5.74) is 0.501. The van der Waals surface area contributed by atoms with E-state index in [-0.39, 0.29) is 5.91 Å². The molecule has 1 N–H and O–H groups in total. The van der Waals surface area contributed by atoms with Crippen molar-refractivity contribution in [2.24, 2.45) is 0 Å². The van der Waals surface area contributed by atoms with Gasteiger partial charge in [-0.25, -0.2) is 0 Å². The number of amides is 1. The molecule has 1 aliphatic heterocycles. The Bertz CT molecular complexity index is 628. The minimum absolute atomic E-state index is 0.0327. The lowest BCUT2D eigenvalue weighted by Crippen LogP contribution is -2.53. The molecule has 1 heterocycles. The predicted octanol–water partition coefficient (Wildman–Crippen LogP) is 2.41. The molecule has 0 radical (unpaired) electrons. The maximum Gasteiger partial charge on any atom is 0.235 e. The Kier molecular flexibility index (Phi) is 5.27. The molecule has 2 fully saturated rings. The number of anilines is 1. The normalized spacial score (nSPS) is 20.6. The van der Waals surface area contributed by atoms with Gasteiger partial charge in [0, 0.05) is 36.9 Å². The van der Waals surface area contributed by atoms with Crippen molar-refractivity contribution in [2.75, 3.05) is 37.6 Å². The number of rotatable bonds is 4. The van der Waals surface area contributed by atoms with Gasteiger partial charge in [0.05, 0.1) is 12.6 Å². The van der Waals surface area contributed by atoms with Gasteiger partial charge in [-0.15, -0.1) is 0 Å². The van der Waals surface area contributed by atoms with Gasteiger partial charge in [-0.1, -0.05) is 17.7 Å². The molecule has 24 heavy (non-hydrogen) atoms. The summed E-state index contributed by atoms with van der Waals surface area (Å²) in [6.07, 6.45) is 3.59. The van der Waals surface area contributed by atoms with Crippen LogP contribution in [0.15, 0.2) is 24.3 Å². The van der Waals surface area contributed by atoms with Gasteiger partial charge < -0.3 is 10.2 Å². The molecule has 2 aliphatic rings. The molecule has 1 amide bonds. The molecular formula is C18H23ClN4O. The van der Waals surface area contributed by atoms with Crippen molar-refractivity contribution in [1.82, 2.24) is 10.2 Å². The van der Waals surface area contributed by atoms with E-state index in [4.69, 9.17) is 11.6 Å². The molecule has 3 rings (SSSR count). The van der Waals surface area contributed by atoms with Crippen LogP contribution in [-0.2, 0) is 4.79 Å². The zero-order valence-corrected chi connectivity index (χ0v) is 14.6. The van der Waals surface area contributed by atoms with E-state index in [9.17, 15) is 10.1 Å². The smallest absolute Gasteiger partial charge is 0.235 e. The minimum atomic E-state index is -0.625. The fourth-order valence-electron chi connectivity index (χ4n) is 3.59. The molecule has 6 heteroatoms. The first-order valence-corrected chi connectivity index (χ1v) is 8.93. The number of carbonyl (C=O) groups excluding carboxylic acids is 1. The Balaban J connectivity index is 1.48. The first-order valence-electron chi connectivity index (χ1n) is 8.55. The van der Waals surface area contributed by atoms with Gasteiger partial charge in [0.1, 0.15) is 5.54 Å². The Labute approximate surface area is 148 Å². The lowest BCUT2D eigenvalue weighted by molar-refractivity contribution is -0.123. The van der Waals surface area contributed by atoms with Crippen molar-refractivity contribution < 1.29 is 4.79 Å². The summed E-state index contributed by atoms with van der Waals surface area (Å²) in [4.78, 5) is 16.7. The van der Waals surface area contributed by atoms with Crippen molar-refractivity contribution >= 4 is 23.2 Å². The summed E-state index contributed by atoms with van der Waals surface area (Å²) >= 11 is 6.05. The lowest BCUT2D eigenvalue weighted by atomic mass is 10.00. The SMILES string of the molecule is N#CC1(NC(=O)CN2CCN(c3cccc(Cl)c3)CC2)CCCC1. The number of benzene rings is 1. The number of hydrogen-bond acceptors (Lipinski definition) is 4. The highest BCUT2D eigenvalue weighted by atomic mass is 35.5. The van der Waals surface area contributed by atoms with E-state index < -0.39 is 5.54 Å². The quantitative estimate of drug-likeness (QED) is 0.909. The second-order valence-corrected chi connectivity index (χ2v) is 7.13. The Morgan fingerprint density at radius 2 is 1.96 bits per heavy atom. The van der Waals surface area contributed by atoms with E-state index in [0.717, 1.165) is 62.6 Å². The summed E-state index contributed by atoms with van der Waals surface area (Å²) in [5.74, 6) is -0.0327. The highest BCUT2D eigenvalue weighted by molar-refractivity contribution is 6.30. The maximum atomic E-state index is 12.3. The average molecular weight is 347 g/mol. The predicted molar refractivity (Wildman–Crippen MR) is 95.1 cm³/mol. The van der Waals surface area contributed by atoms with Crippen LogP contribution < -0.4 is 10.2 Å². The van der Waals surface area contributed by atoms with E-state index in [1.54, 1.807) is 0 Å². The van der Waals surface area contributed by atoms with Crippen molar-refractivity contribution in [3.63, 3.8) is 0 Å². The number of halogens is 1. The van der Waals surface area contributed by atoms with Crippen LogP contribution in [0.1, 0.15) is 25.7 Å². The molecule has 0 unspecified atom stereocenters. The molecule has 0 bridgehead atoms. The highest BCUT2D eigenvalue weighted by Crippen LogP contribution is 2.28. The fraction of sp³-hybridized carbons (Fsp3) is 0.556. The van der Waals surface area contributed by atoms with Crippen molar-refractivity contribution in [1.29, 1.82) is 5.26 Å². The molecule has 0 atom stereocenters. The van der Waals surface area contributed by atoms with Crippen molar-refractivity contribution in [2.45, 2.75) is 31.2 Å². The van der Waals surface area contributed by atoms with Gasteiger partial charge in [0.15, 0.2) is 0 Å². The van der Waals surface area contributed by atoms with Gasteiger partial charge in [0.2, 0.25) is 5.91 Å². The molecular weight excluding hydrogens is 324 g/mol. The summed E-state index contributed by atoms with van der Waals surface area (Å²) in [6.45, 7) is 3.78. The first kappa shape index (κ1) is 17.1. The van der Waals surface area contributed by atoms with Crippen molar-refractivity contribution in [3.8, 4) is 6.07 Å². The van der Waals surface area contributed by atoms with E-state index in [0.29, 0.717) is 6.54 Å². The molecule has 0 spiro atoms. The lowest BCUT2D eigenvalue weighted by Gasteiger charge is -2.36. The zero-order chi connectivity index (χ0) is 17.0. The van der Waals surface area contributed by atoms with E-state index in [2.05, 4.69) is 27.3 Å². The molecule has 1 aliphatic carbocycles. The Morgan fingerprint density at radius 1 is 1.25 bits per heavy atom. The Hall–Kier alpha value is -1.77. The molecule has 1 saturated carbocycles. The number of carbonyl (C=O) groups is 1. The van der Waals surface area contributed by atoms with Gasteiger partial charge in [-0.05, 0) is 43.9 Å². The largest absolute Gasteiger partial charge is 0.369 e. The molecule has 1 saturated heterocycles. The van der Waals surface area contributed by atoms with Gasteiger partial charge >= 0.3 is 0 Å². The van der Waals surface area contributed by atoms with Crippen LogP contribution in [0.2, 0.25) is 5.02 Å². The number of nitrogens with one attached hydrogen (secondary N) is 1. The number of nitrogens with zero attached hydrogens (tertiary/aromatic N) is 3. The van der Waals surface area contributed by atoms with Gasteiger partial charge in [0.25, 0.3) is 0 Å². The Morgan fingerprint density at radius 3 is 2.58 bits per heavy atom. The van der Waals surface area contributed by atoms with Crippen LogP contribution in [0.3, 0.4) is 0 Å². The number of hydrogen-bond donors (Lipinski definition) is 1. The molecule has 128 valence electrons. The summed E-state index contributed by atoms with van der Waals surface area (Å²) in [5, 5.41) is 13.1. The van der Waals surface area contributed by atoms with Crippen molar-refractivity contribution in [3.05, 3.63) is 29.3 Å². The van der Waals surface area contributed by atoms with Crippen LogP contribution in [0.5, 0.6) is 0 Å². The molecule has 0 aromatic heterocycles. The second kappa shape index (κ2) is 7.42. The number of piperazine rings is 1. The highest BCUT2D eigenvalue weighted by Gasteiger charge is 2.35. The third-order valence-electron chi connectivity index (χ3n) is 4.96. The van der Waals surface area contributed by atoms with E-state index in [1.165, 1.54) is 0 Å². The van der Waals surface area contributed by atoms with E-state index in [1.807, 2.05) is 18.2 Å². The summed E-state index contributed by atoms with van der Waals surface area (Å²) in [6, 6.07) is 10.2. The second-order valence-electron chi connectivity index (χ2n) is 6.69. The maximum absolute atomic E-state index is 12.3.